The van der Waals surface area contributed by atoms with Gasteiger partial charge in [0.1, 0.15) is 0 Å². The number of aromatic amines is 2. The summed E-state index contributed by atoms with van der Waals surface area (Å²) >= 11 is 0. The minimum atomic E-state index is -0.580. The average molecular weight is 318 g/mol. The highest BCUT2D eigenvalue weighted by Gasteiger charge is 2.13. The summed E-state index contributed by atoms with van der Waals surface area (Å²) in [5, 5.41) is 0. The van der Waals surface area contributed by atoms with Crippen LogP contribution in [0.1, 0.15) is 33.6 Å². The predicted molar refractivity (Wildman–Crippen MR) is 90.8 cm³/mol. The Hall–Kier alpha value is -2.57. The van der Waals surface area contributed by atoms with Crippen molar-refractivity contribution in [2.75, 3.05) is 0 Å². The molecule has 0 atom stereocenters. The minimum Gasteiger partial charge on any atom is -0.300 e. The molecular weight excluding hydrogens is 296 g/mol. The first-order chi connectivity index (χ1) is 10.8. The van der Waals surface area contributed by atoms with Crippen LogP contribution < -0.4 is 16.9 Å². The zero-order valence-corrected chi connectivity index (χ0v) is 13.9. The van der Waals surface area contributed by atoms with Gasteiger partial charge in [0.15, 0.2) is 11.2 Å². The number of aromatic nitrogens is 4. The van der Waals surface area contributed by atoms with Crippen molar-refractivity contribution < 1.29 is 0 Å². The molecule has 2 aromatic heterocycles. The third-order valence-electron chi connectivity index (χ3n) is 3.74. The molecule has 124 valence electrons. The Morgan fingerprint density at radius 1 is 1.04 bits per heavy atom. The highest BCUT2D eigenvalue weighted by atomic mass is 16.2. The number of imidazole rings is 1. The maximum Gasteiger partial charge on any atom is 0.329 e. The summed E-state index contributed by atoms with van der Waals surface area (Å²) in [7, 11) is 1.52. The van der Waals surface area contributed by atoms with Crippen molar-refractivity contribution in [3.05, 3.63) is 54.6 Å². The van der Waals surface area contributed by atoms with Crippen LogP contribution in [0.3, 0.4) is 0 Å². The van der Waals surface area contributed by atoms with Gasteiger partial charge in [0.2, 0.25) is 0 Å². The Labute approximate surface area is 133 Å². The van der Waals surface area contributed by atoms with Crippen molar-refractivity contribution in [3.8, 4) is 0 Å². The third-order valence-corrected chi connectivity index (χ3v) is 3.74. The summed E-state index contributed by atoms with van der Waals surface area (Å²) in [4.78, 5) is 40.3. The van der Waals surface area contributed by atoms with E-state index in [2.05, 4.69) is 29.9 Å². The van der Waals surface area contributed by atoms with E-state index in [-0.39, 0.29) is 5.52 Å². The van der Waals surface area contributed by atoms with Gasteiger partial charge in [0.25, 0.3) is 5.56 Å². The quantitative estimate of drug-likeness (QED) is 0.816. The summed E-state index contributed by atoms with van der Waals surface area (Å²) in [6.45, 7) is 6.44. The molecule has 0 aromatic carbocycles. The molecule has 0 fully saturated rings. The van der Waals surface area contributed by atoms with E-state index in [0.717, 1.165) is 18.4 Å². The van der Waals surface area contributed by atoms with Gasteiger partial charge >= 0.3 is 11.4 Å². The van der Waals surface area contributed by atoms with Crippen LogP contribution in [0.25, 0.3) is 11.2 Å². The van der Waals surface area contributed by atoms with E-state index < -0.39 is 16.9 Å². The fourth-order valence-electron chi connectivity index (χ4n) is 2.42. The first-order valence-electron chi connectivity index (χ1n) is 7.52. The molecule has 0 aliphatic rings. The molecule has 0 amide bonds. The minimum absolute atomic E-state index is 0.118. The van der Waals surface area contributed by atoms with Crippen LogP contribution >= 0.6 is 0 Å². The molecule has 0 bridgehead atoms. The van der Waals surface area contributed by atoms with Crippen LogP contribution in [0.5, 0.6) is 0 Å². The predicted octanol–water partition coefficient (Wildman–Crippen LogP) is 1.41. The number of aryl methyl sites for hydroxylation is 1. The highest BCUT2D eigenvalue weighted by molar-refractivity contribution is 5.69. The van der Waals surface area contributed by atoms with Gasteiger partial charge in [-0.05, 0) is 33.6 Å². The van der Waals surface area contributed by atoms with Crippen LogP contribution in [0.2, 0.25) is 0 Å². The topological polar surface area (TPSA) is 92.7 Å². The lowest BCUT2D eigenvalue weighted by Crippen LogP contribution is -2.29. The van der Waals surface area contributed by atoms with Crippen molar-refractivity contribution in [3.63, 3.8) is 0 Å². The molecule has 2 rings (SSSR count). The SMILES string of the molecule is CC(C)=CCCC(C)=CCn1c(=O)[nH]c2c(=O)[nH]c(=O)n(C)c21. The fraction of sp³-hybridized carbons (Fsp3) is 0.438. The van der Waals surface area contributed by atoms with Crippen molar-refractivity contribution >= 4 is 11.2 Å². The summed E-state index contributed by atoms with van der Waals surface area (Å²) < 4.78 is 2.66. The normalized spacial score (nSPS) is 11.9. The number of rotatable bonds is 5. The van der Waals surface area contributed by atoms with E-state index >= 15 is 0 Å². The van der Waals surface area contributed by atoms with Gasteiger partial charge in [0.05, 0.1) is 0 Å². The molecule has 2 aromatic rings. The third kappa shape index (κ3) is 3.61. The Morgan fingerprint density at radius 2 is 1.74 bits per heavy atom. The molecule has 0 spiro atoms. The van der Waals surface area contributed by atoms with Crippen LogP contribution in [0.15, 0.2) is 37.7 Å². The maximum absolute atomic E-state index is 12.1. The fourth-order valence-corrected chi connectivity index (χ4v) is 2.42. The lowest BCUT2D eigenvalue weighted by atomic mass is 10.1. The molecule has 0 saturated carbocycles. The summed E-state index contributed by atoms with van der Waals surface area (Å²) in [5.41, 5.74) is 1.33. The van der Waals surface area contributed by atoms with Gasteiger partial charge in [-0.1, -0.05) is 23.3 Å². The Balaban J connectivity index is 2.36. The standard InChI is InChI=1S/C16H22N4O3/c1-10(2)6-5-7-11(3)8-9-20-14-12(17-16(20)23)13(21)18-15(22)19(14)4/h6,8H,5,7,9H2,1-4H3,(H,17,23)(H,18,21,22). The lowest BCUT2D eigenvalue weighted by molar-refractivity contribution is 0.739. The Bertz CT molecular complexity index is 946. The maximum atomic E-state index is 12.1. The van der Waals surface area contributed by atoms with Crippen LogP contribution in [-0.2, 0) is 13.6 Å². The molecule has 2 heterocycles. The number of nitrogens with zero attached hydrogens (tertiary/aromatic N) is 2. The number of hydrogen-bond acceptors (Lipinski definition) is 3. The van der Waals surface area contributed by atoms with Gasteiger partial charge in [-0.25, -0.2) is 9.59 Å². The monoisotopic (exact) mass is 318 g/mol. The second-order valence-corrected chi connectivity index (χ2v) is 5.93. The Kier molecular flexibility index (Phi) is 4.88. The van der Waals surface area contributed by atoms with E-state index in [1.54, 1.807) is 0 Å². The van der Waals surface area contributed by atoms with Crippen LogP contribution in [0, 0.1) is 0 Å². The molecule has 0 unspecified atom stereocenters. The van der Waals surface area contributed by atoms with Gasteiger partial charge in [-0.15, -0.1) is 0 Å². The van der Waals surface area contributed by atoms with Gasteiger partial charge in [0, 0.05) is 13.6 Å². The zero-order chi connectivity index (χ0) is 17.1. The molecule has 2 N–H and O–H groups in total. The molecule has 0 aliphatic heterocycles. The number of hydrogen-bond donors (Lipinski definition) is 2. The number of allylic oxidation sites excluding steroid dienone is 4. The van der Waals surface area contributed by atoms with E-state index in [1.165, 1.54) is 21.8 Å². The second-order valence-electron chi connectivity index (χ2n) is 5.93. The lowest BCUT2D eigenvalue weighted by Gasteiger charge is -2.05. The summed E-state index contributed by atoms with van der Waals surface area (Å²) in [5.74, 6) is 0. The molecule has 7 nitrogen and oxygen atoms in total. The van der Waals surface area contributed by atoms with Crippen LogP contribution in [-0.4, -0.2) is 19.1 Å². The van der Waals surface area contributed by atoms with Crippen molar-refractivity contribution in [2.45, 2.75) is 40.2 Å². The van der Waals surface area contributed by atoms with E-state index in [4.69, 9.17) is 0 Å². The van der Waals surface area contributed by atoms with Crippen molar-refractivity contribution in [1.29, 1.82) is 0 Å². The zero-order valence-electron chi connectivity index (χ0n) is 13.9. The van der Waals surface area contributed by atoms with E-state index in [9.17, 15) is 14.4 Å². The van der Waals surface area contributed by atoms with Crippen LogP contribution in [0.4, 0.5) is 0 Å². The summed E-state index contributed by atoms with van der Waals surface area (Å²) in [6.07, 6.45) is 5.96. The second kappa shape index (κ2) is 6.68. The molecular formula is C16H22N4O3. The first-order valence-corrected chi connectivity index (χ1v) is 7.52. The molecule has 0 radical (unpaired) electrons. The smallest absolute Gasteiger partial charge is 0.300 e. The molecule has 23 heavy (non-hydrogen) atoms. The largest absolute Gasteiger partial charge is 0.329 e. The molecule has 7 heteroatoms. The van der Waals surface area contributed by atoms with Gasteiger partial charge < -0.3 is 0 Å². The average Bonchev–Trinajstić information content (AvgIpc) is 2.80. The van der Waals surface area contributed by atoms with Gasteiger partial charge in [-0.3, -0.25) is 23.9 Å². The number of nitrogens with one attached hydrogen (secondary N) is 2. The molecule has 0 saturated heterocycles. The van der Waals surface area contributed by atoms with Crippen molar-refractivity contribution in [2.24, 2.45) is 7.05 Å². The van der Waals surface area contributed by atoms with E-state index in [0.29, 0.717) is 12.2 Å². The number of fused-ring (bicyclic) bond motifs is 1. The summed E-state index contributed by atoms with van der Waals surface area (Å²) in [6, 6.07) is 0. The van der Waals surface area contributed by atoms with E-state index in [1.807, 2.05) is 13.0 Å². The first kappa shape index (κ1) is 16.8. The highest BCUT2D eigenvalue weighted by Crippen LogP contribution is 2.08. The van der Waals surface area contributed by atoms with Crippen molar-refractivity contribution in [1.82, 2.24) is 19.1 Å². The van der Waals surface area contributed by atoms with Gasteiger partial charge in [-0.2, -0.15) is 0 Å². The Morgan fingerprint density at radius 3 is 2.39 bits per heavy atom. The number of H-pyrrole nitrogens is 2. The molecule has 0 aliphatic carbocycles.